The highest BCUT2D eigenvalue weighted by Gasteiger charge is 2.44. The Morgan fingerprint density at radius 1 is 1.42 bits per heavy atom. The first kappa shape index (κ1) is 19.1. The van der Waals surface area contributed by atoms with Crippen molar-refractivity contribution in [1.82, 2.24) is 10.6 Å². The highest BCUT2D eigenvalue weighted by atomic mass is 35.5. The number of halogens is 1. The van der Waals surface area contributed by atoms with E-state index in [0.29, 0.717) is 12.4 Å². The van der Waals surface area contributed by atoms with Crippen molar-refractivity contribution in [2.45, 2.75) is 37.6 Å². The summed E-state index contributed by atoms with van der Waals surface area (Å²) in [5, 5.41) is 7.38. The van der Waals surface area contributed by atoms with Crippen LogP contribution in [0.15, 0.2) is 29.3 Å². The molecule has 0 radical (unpaired) electrons. The van der Waals surface area contributed by atoms with Gasteiger partial charge in [-0.15, -0.1) is 0 Å². The predicted octanol–water partition coefficient (Wildman–Crippen LogP) is 2.36. The van der Waals surface area contributed by atoms with E-state index in [-0.39, 0.29) is 17.2 Å². The van der Waals surface area contributed by atoms with Gasteiger partial charge in [-0.1, -0.05) is 23.7 Å². The molecular formula is C17H26ClN3O2S. The van der Waals surface area contributed by atoms with Gasteiger partial charge in [-0.25, -0.2) is 8.42 Å². The largest absolute Gasteiger partial charge is 0.356 e. The summed E-state index contributed by atoms with van der Waals surface area (Å²) in [5.74, 6) is 0.870. The Morgan fingerprint density at radius 3 is 2.67 bits per heavy atom. The first-order valence-electron chi connectivity index (χ1n) is 8.15. The molecule has 7 heteroatoms. The van der Waals surface area contributed by atoms with Crippen LogP contribution in [0.3, 0.4) is 0 Å². The zero-order chi connectivity index (χ0) is 17.8. The topological polar surface area (TPSA) is 70.6 Å². The summed E-state index contributed by atoms with van der Waals surface area (Å²) in [6, 6.07) is 8.05. The maximum atomic E-state index is 11.3. The smallest absolute Gasteiger partial charge is 0.191 e. The monoisotopic (exact) mass is 371 g/mol. The fourth-order valence-corrected chi connectivity index (χ4v) is 3.65. The van der Waals surface area contributed by atoms with Crippen LogP contribution >= 0.6 is 11.6 Å². The summed E-state index contributed by atoms with van der Waals surface area (Å²) in [5.41, 5.74) is 1.38. The van der Waals surface area contributed by atoms with Crippen LogP contribution in [0.2, 0.25) is 5.02 Å². The lowest BCUT2D eigenvalue weighted by Crippen LogP contribution is -2.45. The molecule has 0 saturated heterocycles. The fraction of sp³-hybridized carbons (Fsp3) is 0.588. The Morgan fingerprint density at radius 2 is 2.12 bits per heavy atom. The van der Waals surface area contributed by atoms with E-state index in [2.05, 4.69) is 21.7 Å². The van der Waals surface area contributed by atoms with E-state index in [9.17, 15) is 8.42 Å². The van der Waals surface area contributed by atoms with Crippen LogP contribution in [0.1, 0.15) is 31.7 Å². The third-order valence-electron chi connectivity index (χ3n) is 4.41. The molecule has 0 spiro atoms. The van der Waals surface area contributed by atoms with Crippen molar-refractivity contribution >= 4 is 27.4 Å². The quantitative estimate of drug-likeness (QED) is 0.570. The maximum absolute atomic E-state index is 11.3. The van der Waals surface area contributed by atoms with E-state index in [1.807, 2.05) is 25.1 Å². The molecule has 1 aromatic carbocycles. The zero-order valence-corrected chi connectivity index (χ0v) is 16.0. The number of aliphatic imine (C=N–C) groups is 1. The third-order valence-corrected chi connectivity index (χ3v) is 5.63. The second kappa shape index (κ2) is 7.74. The molecule has 1 unspecified atom stereocenters. The summed E-state index contributed by atoms with van der Waals surface area (Å²) < 4.78 is 22.5. The van der Waals surface area contributed by atoms with Gasteiger partial charge in [0, 0.05) is 36.3 Å². The van der Waals surface area contributed by atoms with E-state index < -0.39 is 9.84 Å². The van der Waals surface area contributed by atoms with Gasteiger partial charge in [0.05, 0.1) is 5.75 Å². The number of rotatable bonds is 7. The molecule has 1 aliphatic carbocycles. The van der Waals surface area contributed by atoms with Gasteiger partial charge in [-0.3, -0.25) is 4.99 Å². The van der Waals surface area contributed by atoms with Crippen LogP contribution in [0.5, 0.6) is 0 Å². The summed E-state index contributed by atoms with van der Waals surface area (Å²) >= 11 is 6.10. The average molecular weight is 372 g/mol. The molecule has 1 aromatic rings. The molecular weight excluding hydrogens is 346 g/mol. The summed E-state index contributed by atoms with van der Waals surface area (Å²) in [4.78, 5) is 4.23. The molecule has 0 aliphatic heterocycles. The Bertz CT molecular complexity index is 700. The lowest BCUT2D eigenvalue weighted by Gasteiger charge is -2.21. The van der Waals surface area contributed by atoms with Crippen molar-refractivity contribution in [3.8, 4) is 0 Å². The number of hydrogen-bond acceptors (Lipinski definition) is 3. The fourth-order valence-electron chi connectivity index (χ4n) is 2.68. The van der Waals surface area contributed by atoms with Gasteiger partial charge in [-0.05, 0) is 43.9 Å². The lowest BCUT2D eigenvalue weighted by atomic mass is 9.96. The number of hydrogen-bond donors (Lipinski definition) is 2. The van der Waals surface area contributed by atoms with E-state index in [0.717, 1.165) is 24.4 Å². The van der Waals surface area contributed by atoms with Gasteiger partial charge in [0.2, 0.25) is 0 Å². The van der Waals surface area contributed by atoms with Crippen LogP contribution in [-0.4, -0.2) is 46.0 Å². The van der Waals surface area contributed by atoms with Gasteiger partial charge in [0.15, 0.2) is 5.96 Å². The van der Waals surface area contributed by atoms with Crippen LogP contribution < -0.4 is 10.6 Å². The molecule has 2 rings (SSSR count). The van der Waals surface area contributed by atoms with Crippen LogP contribution in [0.25, 0.3) is 0 Å². The number of nitrogens with zero attached hydrogens (tertiary/aromatic N) is 1. The van der Waals surface area contributed by atoms with Crippen LogP contribution in [-0.2, 0) is 15.3 Å². The Balaban J connectivity index is 1.88. The van der Waals surface area contributed by atoms with Gasteiger partial charge in [0.1, 0.15) is 9.84 Å². The first-order valence-corrected chi connectivity index (χ1v) is 10.6. The molecule has 1 atom stereocenters. The number of guanidine groups is 1. The summed E-state index contributed by atoms with van der Waals surface area (Å²) in [6.45, 7) is 2.74. The van der Waals surface area contributed by atoms with Crippen molar-refractivity contribution in [1.29, 1.82) is 0 Å². The van der Waals surface area contributed by atoms with E-state index in [1.54, 1.807) is 7.05 Å². The zero-order valence-electron chi connectivity index (χ0n) is 14.5. The molecule has 1 fully saturated rings. The molecule has 2 N–H and O–H groups in total. The molecule has 24 heavy (non-hydrogen) atoms. The third kappa shape index (κ3) is 5.67. The number of sulfone groups is 1. The van der Waals surface area contributed by atoms with Crippen molar-refractivity contribution in [3.63, 3.8) is 0 Å². The highest BCUT2D eigenvalue weighted by Crippen LogP contribution is 2.48. The SMILES string of the molecule is CN=C(NCC1(c2cccc(Cl)c2)CC1)NC(C)CCS(C)(=O)=O. The molecule has 0 amide bonds. The average Bonchev–Trinajstić information content (AvgIpc) is 3.30. The first-order chi connectivity index (χ1) is 11.2. The van der Waals surface area contributed by atoms with E-state index in [4.69, 9.17) is 11.6 Å². The molecule has 0 heterocycles. The molecule has 5 nitrogen and oxygen atoms in total. The standard InChI is InChI=1S/C17H26ClN3O2S/c1-13(7-10-24(3,22)23)21-16(19-2)20-12-17(8-9-17)14-5-4-6-15(18)11-14/h4-6,11,13H,7-10,12H2,1-3H3,(H2,19,20,21). The molecule has 0 bridgehead atoms. The molecule has 134 valence electrons. The van der Waals surface area contributed by atoms with Gasteiger partial charge < -0.3 is 10.6 Å². The maximum Gasteiger partial charge on any atom is 0.191 e. The predicted molar refractivity (Wildman–Crippen MR) is 101 cm³/mol. The van der Waals surface area contributed by atoms with Gasteiger partial charge >= 0.3 is 0 Å². The van der Waals surface area contributed by atoms with Crippen LogP contribution in [0.4, 0.5) is 0 Å². The van der Waals surface area contributed by atoms with E-state index in [1.165, 1.54) is 11.8 Å². The van der Waals surface area contributed by atoms with Crippen molar-refractivity contribution < 1.29 is 8.42 Å². The Hall–Kier alpha value is -1.27. The van der Waals surface area contributed by atoms with Crippen molar-refractivity contribution in [2.24, 2.45) is 4.99 Å². The van der Waals surface area contributed by atoms with Crippen molar-refractivity contribution in [2.75, 3.05) is 25.6 Å². The second-order valence-electron chi connectivity index (χ2n) is 6.68. The van der Waals surface area contributed by atoms with Gasteiger partial charge in [0.25, 0.3) is 0 Å². The highest BCUT2D eigenvalue weighted by molar-refractivity contribution is 7.90. The summed E-state index contributed by atoms with van der Waals surface area (Å²) in [6.07, 6.45) is 4.07. The second-order valence-corrected chi connectivity index (χ2v) is 9.38. The minimum Gasteiger partial charge on any atom is -0.356 e. The number of nitrogens with one attached hydrogen (secondary N) is 2. The number of benzene rings is 1. The van der Waals surface area contributed by atoms with E-state index >= 15 is 0 Å². The Kier molecular flexibility index (Phi) is 6.15. The van der Waals surface area contributed by atoms with Crippen molar-refractivity contribution in [3.05, 3.63) is 34.9 Å². The summed E-state index contributed by atoms with van der Waals surface area (Å²) in [7, 11) is -1.22. The van der Waals surface area contributed by atoms with Gasteiger partial charge in [-0.2, -0.15) is 0 Å². The molecule has 1 saturated carbocycles. The normalized spacial score (nSPS) is 18.1. The minimum atomic E-state index is -2.94. The lowest BCUT2D eigenvalue weighted by molar-refractivity contribution is 0.576. The molecule has 0 aromatic heterocycles. The van der Waals surface area contributed by atoms with Crippen LogP contribution in [0, 0.1) is 0 Å². The Labute approximate surface area is 149 Å². The molecule has 1 aliphatic rings. The minimum absolute atomic E-state index is 0.0345.